The highest BCUT2D eigenvalue weighted by atomic mass is 16.7. The van der Waals surface area contributed by atoms with Crippen LogP contribution in [-0.2, 0) is 9.47 Å². The molecule has 3 rings (SSSR count). The molecule has 1 aromatic carbocycles. The molecular formula is C16H24N2O4. The van der Waals surface area contributed by atoms with Crippen LogP contribution >= 0.6 is 0 Å². The van der Waals surface area contributed by atoms with E-state index < -0.39 is 5.79 Å². The summed E-state index contributed by atoms with van der Waals surface area (Å²) in [5.74, 6) is -0.412. The van der Waals surface area contributed by atoms with Gasteiger partial charge < -0.3 is 14.4 Å². The standard InChI is InChI=1S/C14H18N2O4.C2H6/c1-11-2-3-12(16(17)18)10-13(11)15-6-4-14(5-7-15)19-8-9-20-14;1-2/h2-3,10H,4-9H2,1H3;1-2H3. The lowest BCUT2D eigenvalue weighted by molar-refractivity contribution is -0.384. The fourth-order valence-electron chi connectivity index (χ4n) is 2.93. The van der Waals surface area contributed by atoms with E-state index in [-0.39, 0.29) is 10.6 Å². The van der Waals surface area contributed by atoms with Crippen molar-refractivity contribution in [3.63, 3.8) is 0 Å². The second-order valence-electron chi connectivity index (χ2n) is 5.32. The molecule has 0 bridgehead atoms. The second kappa shape index (κ2) is 7.07. The van der Waals surface area contributed by atoms with Crippen LogP contribution in [0.25, 0.3) is 0 Å². The Bertz CT molecular complexity index is 517. The molecule has 0 aromatic heterocycles. The van der Waals surface area contributed by atoms with Gasteiger partial charge in [0, 0.05) is 43.8 Å². The average Bonchev–Trinajstić information content (AvgIpc) is 2.99. The van der Waals surface area contributed by atoms with Crippen LogP contribution in [0.4, 0.5) is 11.4 Å². The van der Waals surface area contributed by atoms with Gasteiger partial charge in [0.1, 0.15) is 0 Å². The molecule has 0 atom stereocenters. The molecule has 6 heteroatoms. The minimum atomic E-state index is -0.412. The van der Waals surface area contributed by atoms with Gasteiger partial charge in [-0.15, -0.1) is 0 Å². The third kappa shape index (κ3) is 3.39. The number of non-ortho nitro benzene ring substituents is 1. The van der Waals surface area contributed by atoms with Crippen LogP contribution in [0.15, 0.2) is 18.2 Å². The SMILES string of the molecule is CC.Cc1ccc([N+](=O)[O-])cc1N1CCC2(CC1)OCCO2. The summed E-state index contributed by atoms with van der Waals surface area (Å²) < 4.78 is 11.4. The largest absolute Gasteiger partial charge is 0.371 e. The number of anilines is 1. The minimum Gasteiger partial charge on any atom is -0.371 e. The van der Waals surface area contributed by atoms with Gasteiger partial charge in [-0.3, -0.25) is 10.1 Å². The lowest BCUT2D eigenvalue weighted by Crippen LogP contribution is -2.45. The summed E-state index contributed by atoms with van der Waals surface area (Å²) in [6, 6.07) is 5.01. The zero-order chi connectivity index (χ0) is 16.2. The van der Waals surface area contributed by atoms with E-state index in [0.717, 1.165) is 37.2 Å². The maximum Gasteiger partial charge on any atom is 0.271 e. The molecule has 0 N–H and O–H groups in total. The molecule has 0 unspecified atom stereocenters. The van der Waals surface area contributed by atoms with E-state index in [4.69, 9.17) is 9.47 Å². The highest BCUT2D eigenvalue weighted by Gasteiger charge is 2.40. The van der Waals surface area contributed by atoms with E-state index in [9.17, 15) is 10.1 Å². The van der Waals surface area contributed by atoms with Crippen LogP contribution in [0.3, 0.4) is 0 Å². The quantitative estimate of drug-likeness (QED) is 0.619. The topological polar surface area (TPSA) is 64.8 Å². The van der Waals surface area contributed by atoms with Crippen molar-refractivity contribution in [3.05, 3.63) is 33.9 Å². The number of nitro groups is 1. The number of benzene rings is 1. The Morgan fingerprint density at radius 1 is 1.18 bits per heavy atom. The second-order valence-corrected chi connectivity index (χ2v) is 5.32. The van der Waals surface area contributed by atoms with Gasteiger partial charge in [0.25, 0.3) is 5.69 Å². The first-order chi connectivity index (χ1) is 10.6. The fourth-order valence-corrected chi connectivity index (χ4v) is 2.93. The third-order valence-corrected chi connectivity index (χ3v) is 4.08. The van der Waals surface area contributed by atoms with Crippen molar-refractivity contribution in [1.29, 1.82) is 0 Å². The van der Waals surface area contributed by atoms with Crippen LogP contribution in [0.5, 0.6) is 0 Å². The summed E-state index contributed by atoms with van der Waals surface area (Å²) in [5.41, 5.74) is 2.13. The Morgan fingerprint density at radius 3 is 2.32 bits per heavy atom. The first-order valence-electron chi connectivity index (χ1n) is 7.88. The molecular weight excluding hydrogens is 284 g/mol. The summed E-state index contributed by atoms with van der Waals surface area (Å²) in [4.78, 5) is 12.7. The molecule has 2 heterocycles. The number of rotatable bonds is 2. The lowest BCUT2D eigenvalue weighted by atomic mass is 10.0. The first kappa shape index (κ1) is 16.7. The predicted molar refractivity (Wildman–Crippen MR) is 85.3 cm³/mol. The van der Waals surface area contributed by atoms with Gasteiger partial charge in [-0.1, -0.05) is 19.9 Å². The molecule has 6 nitrogen and oxygen atoms in total. The lowest BCUT2D eigenvalue weighted by Gasteiger charge is -2.39. The smallest absolute Gasteiger partial charge is 0.271 e. The number of piperidine rings is 1. The highest BCUT2D eigenvalue weighted by Crippen LogP contribution is 2.35. The van der Waals surface area contributed by atoms with Crippen LogP contribution in [0.1, 0.15) is 32.3 Å². The molecule has 2 saturated heterocycles. The summed E-state index contributed by atoms with van der Waals surface area (Å²) in [7, 11) is 0. The van der Waals surface area contributed by atoms with E-state index in [1.807, 2.05) is 20.8 Å². The highest BCUT2D eigenvalue weighted by molar-refractivity contribution is 5.59. The predicted octanol–water partition coefficient (Wildman–Crippen LogP) is 3.27. The summed E-state index contributed by atoms with van der Waals surface area (Å²) >= 11 is 0. The molecule has 2 fully saturated rings. The molecule has 22 heavy (non-hydrogen) atoms. The van der Waals surface area contributed by atoms with Crippen LogP contribution in [-0.4, -0.2) is 37.0 Å². The third-order valence-electron chi connectivity index (χ3n) is 4.08. The van der Waals surface area contributed by atoms with E-state index in [1.54, 1.807) is 18.2 Å². The van der Waals surface area contributed by atoms with Crippen molar-refractivity contribution in [1.82, 2.24) is 0 Å². The Balaban J connectivity index is 0.000000847. The number of aryl methyl sites for hydroxylation is 1. The molecule has 0 saturated carbocycles. The van der Waals surface area contributed by atoms with Gasteiger partial charge in [-0.2, -0.15) is 0 Å². The van der Waals surface area contributed by atoms with Gasteiger partial charge in [-0.25, -0.2) is 0 Å². The normalized spacial score (nSPS) is 19.7. The monoisotopic (exact) mass is 308 g/mol. The number of hydrogen-bond acceptors (Lipinski definition) is 5. The molecule has 0 amide bonds. The molecule has 1 aromatic rings. The molecule has 0 radical (unpaired) electrons. The molecule has 122 valence electrons. The van der Waals surface area contributed by atoms with E-state index in [1.165, 1.54) is 0 Å². The van der Waals surface area contributed by atoms with Crippen molar-refractivity contribution in [3.8, 4) is 0 Å². The molecule has 1 spiro atoms. The van der Waals surface area contributed by atoms with Gasteiger partial charge in [0.2, 0.25) is 0 Å². The van der Waals surface area contributed by atoms with Gasteiger partial charge >= 0.3 is 0 Å². The van der Waals surface area contributed by atoms with Crippen molar-refractivity contribution in [2.75, 3.05) is 31.2 Å². The number of ether oxygens (including phenoxy) is 2. The van der Waals surface area contributed by atoms with Gasteiger partial charge in [-0.05, 0) is 12.5 Å². The van der Waals surface area contributed by atoms with E-state index >= 15 is 0 Å². The van der Waals surface area contributed by atoms with Crippen molar-refractivity contribution in [2.24, 2.45) is 0 Å². The summed E-state index contributed by atoms with van der Waals surface area (Å²) in [5, 5.41) is 10.9. The van der Waals surface area contributed by atoms with E-state index in [0.29, 0.717) is 13.2 Å². The zero-order valence-electron chi connectivity index (χ0n) is 13.5. The number of nitro benzene ring substituents is 1. The van der Waals surface area contributed by atoms with Crippen LogP contribution in [0, 0.1) is 17.0 Å². The van der Waals surface area contributed by atoms with Crippen LogP contribution in [0.2, 0.25) is 0 Å². The summed E-state index contributed by atoms with van der Waals surface area (Å²) in [6.45, 7) is 8.89. The number of nitrogens with zero attached hydrogens (tertiary/aromatic N) is 2. The van der Waals surface area contributed by atoms with Crippen molar-refractivity contribution in [2.45, 2.75) is 39.4 Å². The first-order valence-corrected chi connectivity index (χ1v) is 7.88. The molecule has 2 aliphatic heterocycles. The zero-order valence-corrected chi connectivity index (χ0v) is 13.5. The fraction of sp³-hybridized carbons (Fsp3) is 0.625. The minimum absolute atomic E-state index is 0.138. The maximum absolute atomic E-state index is 10.9. The Hall–Kier alpha value is -1.66. The maximum atomic E-state index is 10.9. The Labute approximate surface area is 131 Å². The Morgan fingerprint density at radius 2 is 1.77 bits per heavy atom. The van der Waals surface area contributed by atoms with Crippen molar-refractivity contribution < 1.29 is 14.4 Å². The van der Waals surface area contributed by atoms with Crippen LogP contribution < -0.4 is 4.90 Å². The van der Waals surface area contributed by atoms with Gasteiger partial charge in [0.05, 0.1) is 18.1 Å². The molecule has 0 aliphatic carbocycles. The van der Waals surface area contributed by atoms with Crippen molar-refractivity contribution >= 4 is 11.4 Å². The average molecular weight is 308 g/mol. The molecule has 2 aliphatic rings. The number of hydrogen-bond donors (Lipinski definition) is 0. The summed E-state index contributed by atoms with van der Waals surface area (Å²) in [6.07, 6.45) is 1.60. The Kier molecular flexibility index (Phi) is 5.37. The van der Waals surface area contributed by atoms with Gasteiger partial charge in [0.15, 0.2) is 5.79 Å². The van der Waals surface area contributed by atoms with E-state index in [2.05, 4.69) is 4.90 Å².